The van der Waals surface area contributed by atoms with E-state index in [1.54, 1.807) is 47.5 Å². The molecule has 152 valence electrons. The molecule has 0 aliphatic carbocycles. The van der Waals surface area contributed by atoms with Crippen molar-refractivity contribution in [3.8, 4) is 0 Å². The van der Waals surface area contributed by atoms with Crippen LogP contribution < -0.4 is 10.4 Å². The molecule has 1 unspecified atom stereocenters. The quantitative estimate of drug-likeness (QED) is 0.406. The maximum atomic E-state index is 14.6. The summed E-state index contributed by atoms with van der Waals surface area (Å²) in [4.78, 5) is 0. The molecule has 0 saturated carbocycles. The van der Waals surface area contributed by atoms with Crippen LogP contribution in [0.15, 0.2) is 78.5 Å². The summed E-state index contributed by atoms with van der Waals surface area (Å²) in [7, 11) is 0. The molecule has 0 fully saturated rings. The van der Waals surface area contributed by atoms with Crippen molar-refractivity contribution in [3.63, 3.8) is 0 Å². The summed E-state index contributed by atoms with van der Waals surface area (Å²) < 4.78 is 14.6. The fourth-order valence-electron chi connectivity index (χ4n) is 3.23. The Hall–Kier alpha value is -2.17. The highest BCUT2D eigenvalue weighted by Crippen LogP contribution is 2.37. The second-order valence-corrected chi connectivity index (χ2v) is 8.35. The average Bonchev–Trinajstić information content (AvgIpc) is 3.11. The van der Waals surface area contributed by atoms with E-state index in [9.17, 15) is 4.39 Å². The number of allylic oxidation sites excluding steroid dienone is 1. The minimum atomic E-state index is -0.348. The number of para-hydroxylation sites is 1. The van der Waals surface area contributed by atoms with E-state index in [4.69, 9.17) is 46.4 Å². The minimum Gasteiger partial charge on any atom is -0.298 e. The Morgan fingerprint density at radius 3 is 2.23 bits per heavy atom. The molecule has 0 aromatic heterocycles. The molecule has 1 aliphatic rings. The molecule has 30 heavy (non-hydrogen) atoms. The first-order valence-electron chi connectivity index (χ1n) is 9.03. The van der Waals surface area contributed by atoms with Crippen LogP contribution in [0.1, 0.15) is 17.2 Å². The van der Waals surface area contributed by atoms with Crippen molar-refractivity contribution in [3.05, 3.63) is 116 Å². The van der Waals surface area contributed by atoms with Crippen LogP contribution in [0.5, 0.6) is 0 Å². The second kappa shape index (κ2) is 8.91. The molecule has 4 rings (SSSR count). The van der Waals surface area contributed by atoms with E-state index >= 15 is 0 Å². The number of halogens is 5. The van der Waals surface area contributed by atoms with Gasteiger partial charge >= 0.3 is 0 Å². The van der Waals surface area contributed by atoms with Gasteiger partial charge in [0.15, 0.2) is 0 Å². The Balaban J connectivity index is 1.72. The third-order valence-corrected chi connectivity index (χ3v) is 5.79. The average molecular weight is 480 g/mol. The van der Waals surface area contributed by atoms with E-state index in [0.717, 1.165) is 16.8 Å². The first-order chi connectivity index (χ1) is 14.4. The van der Waals surface area contributed by atoms with Crippen molar-refractivity contribution in [1.29, 1.82) is 0 Å². The van der Waals surface area contributed by atoms with Crippen molar-refractivity contribution < 1.29 is 4.39 Å². The maximum absolute atomic E-state index is 14.6. The van der Waals surface area contributed by atoms with Crippen molar-refractivity contribution in [1.82, 2.24) is 5.43 Å². The van der Waals surface area contributed by atoms with Gasteiger partial charge in [-0.15, -0.1) is 0 Å². The lowest BCUT2D eigenvalue weighted by Gasteiger charge is -2.28. The highest BCUT2D eigenvalue weighted by molar-refractivity contribution is 6.35. The number of hydrazine groups is 1. The Morgan fingerprint density at radius 1 is 0.833 bits per heavy atom. The molecule has 0 saturated heterocycles. The third-order valence-electron chi connectivity index (χ3n) is 4.66. The highest BCUT2D eigenvalue weighted by Gasteiger charge is 2.29. The summed E-state index contributed by atoms with van der Waals surface area (Å²) in [6, 6.07) is 16.8. The smallest absolute Gasteiger partial charge is 0.148 e. The second-order valence-electron chi connectivity index (χ2n) is 6.67. The molecule has 2 nitrogen and oxygen atoms in total. The lowest BCUT2D eigenvalue weighted by atomic mass is 10.1. The molecule has 7 heteroatoms. The van der Waals surface area contributed by atoms with Gasteiger partial charge in [0.05, 0.1) is 17.4 Å². The zero-order valence-electron chi connectivity index (χ0n) is 15.4. The molecule has 3 aromatic rings. The molecule has 1 aliphatic heterocycles. The lowest BCUT2D eigenvalue weighted by molar-refractivity contribution is 0.602. The minimum absolute atomic E-state index is 0.341. The van der Waals surface area contributed by atoms with Gasteiger partial charge in [-0.25, -0.2) is 4.39 Å². The molecule has 1 N–H and O–H groups in total. The summed E-state index contributed by atoms with van der Waals surface area (Å²) in [5.74, 6) is -0.348. The number of anilines is 1. The Labute approximate surface area is 194 Å². The molecule has 0 radical (unpaired) electrons. The van der Waals surface area contributed by atoms with Gasteiger partial charge in [0.25, 0.3) is 0 Å². The van der Waals surface area contributed by atoms with Crippen LogP contribution in [0.4, 0.5) is 10.1 Å². The van der Waals surface area contributed by atoms with Crippen LogP contribution in [0, 0.1) is 5.82 Å². The zero-order chi connectivity index (χ0) is 21.3. The van der Waals surface area contributed by atoms with Crippen molar-refractivity contribution >= 4 is 58.2 Å². The molecule has 1 atom stereocenters. The van der Waals surface area contributed by atoms with E-state index in [0.29, 0.717) is 25.8 Å². The van der Waals surface area contributed by atoms with Gasteiger partial charge in [0.2, 0.25) is 0 Å². The monoisotopic (exact) mass is 478 g/mol. The predicted octanol–water partition coefficient (Wildman–Crippen LogP) is 8.10. The van der Waals surface area contributed by atoms with Gasteiger partial charge < -0.3 is 0 Å². The summed E-state index contributed by atoms with van der Waals surface area (Å²) in [5, 5.41) is 3.87. The number of nitrogens with zero attached hydrogens (tertiary/aromatic N) is 1. The van der Waals surface area contributed by atoms with E-state index in [-0.39, 0.29) is 11.9 Å². The van der Waals surface area contributed by atoms with Gasteiger partial charge in [-0.2, -0.15) is 0 Å². The molecular weight excluding hydrogens is 465 g/mol. The van der Waals surface area contributed by atoms with E-state index in [1.165, 1.54) is 6.07 Å². The molecule has 3 aromatic carbocycles. The topological polar surface area (TPSA) is 15.3 Å². The first kappa shape index (κ1) is 21.1. The van der Waals surface area contributed by atoms with Crippen molar-refractivity contribution in [2.75, 3.05) is 5.01 Å². The Morgan fingerprint density at radius 2 is 1.53 bits per heavy atom. The third kappa shape index (κ3) is 4.45. The van der Waals surface area contributed by atoms with Crippen LogP contribution in [-0.4, -0.2) is 0 Å². The highest BCUT2D eigenvalue weighted by atomic mass is 35.5. The van der Waals surface area contributed by atoms with Gasteiger partial charge in [0, 0.05) is 20.1 Å². The van der Waals surface area contributed by atoms with Crippen molar-refractivity contribution in [2.24, 2.45) is 0 Å². The maximum Gasteiger partial charge on any atom is 0.148 e. The number of hydrogen-bond acceptors (Lipinski definition) is 2. The lowest BCUT2D eigenvalue weighted by Crippen LogP contribution is -2.34. The zero-order valence-corrected chi connectivity index (χ0v) is 18.4. The van der Waals surface area contributed by atoms with Gasteiger partial charge in [-0.1, -0.05) is 76.7 Å². The Kier molecular flexibility index (Phi) is 6.26. The molecule has 0 spiro atoms. The van der Waals surface area contributed by atoms with E-state index in [2.05, 4.69) is 5.43 Å². The summed E-state index contributed by atoms with van der Waals surface area (Å²) in [6.45, 7) is 0. The molecule has 0 bridgehead atoms. The number of benzene rings is 3. The standard InChI is InChI=1S/C23H15Cl4FN2/c24-15-7-5-14(19(26)11-15)6-9-17-13-23(18-10-8-16(25)12-20(18)27)30(29-17)22-4-2-1-3-21(22)28/h1-13,23,29H. The summed E-state index contributed by atoms with van der Waals surface area (Å²) in [5.41, 5.74) is 6.02. The first-order valence-corrected chi connectivity index (χ1v) is 10.5. The summed E-state index contributed by atoms with van der Waals surface area (Å²) >= 11 is 24.7. The van der Waals surface area contributed by atoms with Crippen LogP contribution >= 0.6 is 46.4 Å². The SMILES string of the molecule is Fc1ccccc1N1NC(C=Cc2ccc(Cl)cc2Cl)=CC1c1ccc(Cl)cc1Cl. The number of nitrogens with one attached hydrogen (secondary N) is 1. The van der Waals surface area contributed by atoms with Crippen LogP contribution in [0.2, 0.25) is 20.1 Å². The van der Waals surface area contributed by atoms with Gasteiger partial charge in [-0.05, 0) is 59.7 Å². The normalized spacial score (nSPS) is 16.1. The van der Waals surface area contributed by atoms with Crippen molar-refractivity contribution in [2.45, 2.75) is 6.04 Å². The van der Waals surface area contributed by atoms with Gasteiger partial charge in [0.1, 0.15) is 5.82 Å². The molecule has 0 amide bonds. The van der Waals surface area contributed by atoms with E-state index < -0.39 is 0 Å². The fraction of sp³-hybridized carbons (Fsp3) is 0.0435. The number of hydrogen-bond donors (Lipinski definition) is 1. The number of rotatable bonds is 4. The van der Waals surface area contributed by atoms with Gasteiger partial charge in [-0.3, -0.25) is 10.4 Å². The Bertz CT molecular complexity index is 1160. The fourth-order valence-corrected chi connectivity index (χ4v) is 4.22. The largest absolute Gasteiger partial charge is 0.298 e. The van der Waals surface area contributed by atoms with Crippen LogP contribution in [0.25, 0.3) is 6.08 Å². The summed E-state index contributed by atoms with van der Waals surface area (Å²) in [6.07, 6.45) is 5.69. The van der Waals surface area contributed by atoms with E-state index in [1.807, 2.05) is 30.4 Å². The predicted molar refractivity (Wildman–Crippen MR) is 125 cm³/mol. The molecular formula is C23H15Cl4FN2. The van der Waals surface area contributed by atoms with Crippen LogP contribution in [-0.2, 0) is 0 Å². The molecule has 1 heterocycles. The van der Waals surface area contributed by atoms with Crippen LogP contribution in [0.3, 0.4) is 0 Å².